The van der Waals surface area contributed by atoms with E-state index in [1.165, 1.54) is 5.56 Å². The van der Waals surface area contributed by atoms with E-state index in [1.807, 2.05) is 18.2 Å². The number of ether oxygens (including phenoxy) is 1. The van der Waals surface area contributed by atoms with Crippen LogP contribution in [0.4, 0.5) is 5.69 Å². The fraction of sp³-hybridized carbons (Fsp3) is 0.333. The van der Waals surface area contributed by atoms with Crippen molar-refractivity contribution in [1.29, 1.82) is 0 Å². The topological polar surface area (TPSA) is 21.3 Å². The molecule has 0 bridgehead atoms. The van der Waals surface area contributed by atoms with Gasteiger partial charge in [0.15, 0.2) is 5.88 Å². The Labute approximate surface area is 85.6 Å². The van der Waals surface area contributed by atoms with Crippen LogP contribution in [0.2, 0.25) is 0 Å². The van der Waals surface area contributed by atoms with Crippen LogP contribution >= 0.6 is 0 Å². The summed E-state index contributed by atoms with van der Waals surface area (Å²) in [6.07, 6.45) is 0. The molecule has 0 atom stereocenters. The van der Waals surface area contributed by atoms with Gasteiger partial charge < -0.3 is 10.1 Å². The molecular formula is C12H17NO. The van der Waals surface area contributed by atoms with Crippen molar-refractivity contribution < 1.29 is 4.74 Å². The smallest absolute Gasteiger partial charge is 0.183 e. The molecule has 0 aromatic heterocycles. The molecule has 0 radical (unpaired) electrons. The molecular weight excluding hydrogens is 174 g/mol. The Morgan fingerprint density at radius 3 is 2.57 bits per heavy atom. The first-order valence-corrected chi connectivity index (χ1v) is 4.74. The summed E-state index contributed by atoms with van der Waals surface area (Å²) in [5.41, 5.74) is 2.33. The molecule has 1 aromatic rings. The number of hydrogen-bond donors (Lipinski definition) is 1. The van der Waals surface area contributed by atoms with Crippen LogP contribution < -0.4 is 5.32 Å². The molecule has 0 heterocycles. The first-order valence-electron chi connectivity index (χ1n) is 4.74. The minimum absolute atomic E-state index is 0.489. The number of nitrogens with one attached hydrogen (secondary N) is 1. The van der Waals surface area contributed by atoms with Gasteiger partial charge in [-0.15, -0.1) is 0 Å². The number of methoxy groups -OCH3 is 1. The zero-order valence-corrected chi connectivity index (χ0v) is 9.00. The zero-order chi connectivity index (χ0) is 10.6. The molecule has 0 fully saturated rings. The van der Waals surface area contributed by atoms with E-state index in [1.54, 1.807) is 7.11 Å². The van der Waals surface area contributed by atoms with Crippen molar-refractivity contribution >= 4 is 5.69 Å². The van der Waals surface area contributed by atoms with Gasteiger partial charge in [-0.3, -0.25) is 0 Å². The lowest BCUT2D eigenvalue weighted by Gasteiger charge is -2.14. The van der Waals surface area contributed by atoms with Crippen molar-refractivity contribution in [1.82, 2.24) is 0 Å². The Morgan fingerprint density at radius 1 is 1.36 bits per heavy atom. The number of hydrogen-bond acceptors (Lipinski definition) is 2. The van der Waals surface area contributed by atoms with Gasteiger partial charge in [0.25, 0.3) is 0 Å². The van der Waals surface area contributed by atoms with Crippen molar-refractivity contribution in [3.63, 3.8) is 0 Å². The van der Waals surface area contributed by atoms with Crippen molar-refractivity contribution in [2.75, 3.05) is 12.4 Å². The fourth-order valence-electron chi connectivity index (χ4n) is 1.32. The van der Waals surface area contributed by atoms with Crippen molar-refractivity contribution in [2.45, 2.75) is 19.8 Å². The largest absolute Gasteiger partial charge is 0.483 e. The van der Waals surface area contributed by atoms with Gasteiger partial charge in [-0.25, -0.2) is 0 Å². The highest BCUT2D eigenvalue weighted by atomic mass is 16.5. The van der Waals surface area contributed by atoms with Crippen LogP contribution in [-0.2, 0) is 4.74 Å². The van der Waals surface area contributed by atoms with E-state index in [9.17, 15) is 0 Å². The summed E-state index contributed by atoms with van der Waals surface area (Å²) < 4.78 is 4.98. The van der Waals surface area contributed by atoms with Crippen molar-refractivity contribution in [3.8, 4) is 0 Å². The highest BCUT2D eigenvalue weighted by molar-refractivity contribution is 5.54. The zero-order valence-electron chi connectivity index (χ0n) is 9.00. The van der Waals surface area contributed by atoms with Crippen LogP contribution in [0.5, 0.6) is 0 Å². The number of benzene rings is 1. The van der Waals surface area contributed by atoms with E-state index in [4.69, 9.17) is 4.74 Å². The van der Waals surface area contributed by atoms with Gasteiger partial charge in [-0.2, -0.15) is 0 Å². The molecule has 2 heteroatoms. The lowest BCUT2D eigenvalue weighted by molar-refractivity contribution is 0.299. The number of rotatable bonds is 4. The van der Waals surface area contributed by atoms with Gasteiger partial charge in [-0.1, -0.05) is 32.0 Å². The van der Waals surface area contributed by atoms with E-state index >= 15 is 0 Å². The van der Waals surface area contributed by atoms with Crippen LogP contribution in [0.1, 0.15) is 25.3 Å². The van der Waals surface area contributed by atoms with Crippen LogP contribution in [0, 0.1) is 0 Å². The van der Waals surface area contributed by atoms with E-state index in [0.29, 0.717) is 11.8 Å². The summed E-state index contributed by atoms with van der Waals surface area (Å²) in [4.78, 5) is 0. The summed E-state index contributed by atoms with van der Waals surface area (Å²) in [7, 11) is 1.60. The number of anilines is 1. The maximum absolute atomic E-state index is 4.98. The standard InChI is InChI=1S/C12H17NO/c1-9(2)11-7-5-6-8-12(11)13-10(3)14-4/h5-9,13H,3H2,1-2,4H3. The van der Waals surface area contributed by atoms with Crippen molar-refractivity contribution in [3.05, 3.63) is 42.3 Å². The van der Waals surface area contributed by atoms with Crippen LogP contribution in [0.25, 0.3) is 0 Å². The molecule has 14 heavy (non-hydrogen) atoms. The predicted molar refractivity (Wildman–Crippen MR) is 60.3 cm³/mol. The average Bonchev–Trinajstić information content (AvgIpc) is 2.18. The van der Waals surface area contributed by atoms with Gasteiger partial charge in [0.05, 0.1) is 7.11 Å². The highest BCUT2D eigenvalue weighted by Gasteiger charge is 2.05. The minimum atomic E-state index is 0.489. The summed E-state index contributed by atoms with van der Waals surface area (Å²) in [6.45, 7) is 8.06. The lowest BCUT2D eigenvalue weighted by Crippen LogP contribution is -2.03. The van der Waals surface area contributed by atoms with E-state index < -0.39 is 0 Å². The fourth-order valence-corrected chi connectivity index (χ4v) is 1.32. The molecule has 1 rings (SSSR count). The molecule has 0 saturated heterocycles. The molecule has 0 aliphatic rings. The molecule has 0 spiro atoms. The Kier molecular flexibility index (Phi) is 3.57. The molecule has 76 valence electrons. The third-order valence-electron chi connectivity index (χ3n) is 2.10. The second kappa shape index (κ2) is 4.70. The maximum Gasteiger partial charge on any atom is 0.183 e. The quantitative estimate of drug-likeness (QED) is 0.737. The normalized spacial score (nSPS) is 10.0. The van der Waals surface area contributed by atoms with Crippen molar-refractivity contribution in [2.24, 2.45) is 0 Å². The van der Waals surface area contributed by atoms with Gasteiger partial charge >= 0.3 is 0 Å². The lowest BCUT2D eigenvalue weighted by atomic mass is 10.0. The average molecular weight is 191 g/mol. The molecule has 0 aliphatic carbocycles. The van der Waals surface area contributed by atoms with Gasteiger partial charge in [0, 0.05) is 5.69 Å². The monoisotopic (exact) mass is 191 g/mol. The first kappa shape index (κ1) is 10.6. The third-order valence-corrected chi connectivity index (χ3v) is 2.10. The van der Waals surface area contributed by atoms with Crippen LogP contribution in [0.3, 0.4) is 0 Å². The summed E-state index contributed by atoms with van der Waals surface area (Å²) >= 11 is 0. The Bertz CT molecular complexity index is 318. The Hall–Kier alpha value is -1.44. The second-order valence-electron chi connectivity index (χ2n) is 3.49. The molecule has 1 aromatic carbocycles. The maximum atomic E-state index is 4.98. The van der Waals surface area contributed by atoms with E-state index in [0.717, 1.165) is 5.69 Å². The third kappa shape index (κ3) is 2.52. The molecule has 0 amide bonds. The Balaban J connectivity index is 2.90. The van der Waals surface area contributed by atoms with Gasteiger partial charge in [0.1, 0.15) is 0 Å². The van der Waals surface area contributed by atoms with E-state index in [-0.39, 0.29) is 0 Å². The van der Waals surface area contributed by atoms with Gasteiger partial charge in [0.2, 0.25) is 0 Å². The van der Waals surface area contributed by atoms with Crippen LogP contribution in [0.15, 0.2) is 36.7 Å². The second-order valence-corrected chi connectivity index (χ2v) is 3.49. The van der Waals surface area contributed by atoms with Crippen LogP contribution in [-0.4, -0.2) is 7.11 Å². The summed E-state index contributed by atoms with van der Waals surface area (Å²) in [6, 6.07) is 8.17. The summed E-state index contributed by atoms with van der Waals surface area (Å²) in [5, 5.41) is 3.12. The summed E-state index contributed by atoms with van der Waals surface area (Å²) in [5.74, 6) is 1.06. The molecule has 1 N–H and O–H groups in total. The molecule has 0 aliphatic heterocycles. The van der Waals surface area contributed by atoms with E-state index in [2.05, 4.69) is 31.8 Å². The van der Waals surface area contributed by atoms with Gasteiger partial charge in [-0.05, 0) is 24.1 Å². The Morgan fingerprint density at radius 2 is 2.00 bits per heavy atom. The molecule has 0 unspecified atom stereocenters. The molecule has 0 saturated carbocycles. The first-order chi connectivity index (χ1) is 6.65. The molecule has 2 nitrogen and oxygen atoms in total. The number of para-hydroxylation sites is 1. The highest BCUT2D eigenvalue weighted by Crippen LogP contribution is 2.24. The SMILES string of the molecule is C=C(Nc1ccccc1C(C)C)OC. The predicted octanol–water partition coefficient (Wildman–Crippen LogP) is 3.34. The minimum Gasteiger partial charge on any atom is -0.483 e.